The molecule has 0 saturated heterocycles. The van der Waals surface area contributed by atoms with Crippen molar-refractivity contribution in [2.24, 2.45) is 5.73 Å². The Morgan fingerprint density at radius 3 is 2.48 bits per heavy atom. The number of carbonyl (C=O) groups is 2. The van der Waals surface area contributed by atoms with E-state index in [1.165, 1.54) is 0 Å². The van der Waals surface area contributed by atoms with Gasteiger partial charge in [-0.2, -0.15) is 0 Å². The van der Waals surface area contributed by atoms with Crippen molar-refractivity contribution < 1.29 is 19.1 Å². The van der Waals surface area contributed by atoms with Crippen LogP contribution >= 0.6 is 0 Å². The molecule has 2 amide bonds. The number of fused-ring (bicyclic) bond motifs is 2. The number of benzene rings is 2. The predicted molar refractivity (Wildman–Crippen MR) is 118 cm³/mol. The third kappa shape index (κ3) is 3.21. The predicted octanol–water partition coefficient (Wildman–Crippen LogP) is 3.96. The van der Waals surface area contributed by atoms with Crippen molar-refractivity contribution in [2.75, 3.05) is 12.1 Å². The van der Waals surface area contributed by atoms with Crippen LogP contribution in [0.15, 0.2) is 36.4 Å². The molecule has 1 aliphatic carbocycles. The minimum atomic E-state index is -0.600. The van der Waals surface area contributed by atoms with Gasteiger partial charge >= 0.3 is 0 Å². The number of hydrogen-bond acceptors (Lipinski definition) is 4. The van der Waals surface area contributed by atoms with Crippen molar-refractivity contribution in [3.8, 4) is 11.5 Å². The van der Waals surface area contributed by atoms with Crippen LogP contribution in [0, 0.1) is 0 Å². The number of aromatic amines is 1. The highest BCUT2D eigenvalue weighted by Gasteiger charge is 2.51. The van der Waals surface area contributed by atoms with Crippen molar-refractivity contribution in [1.29, 1.82) is 0 Å². The summed E-state index contributed by atoms with van der Waals surface area (Å²) in [6.45, 7) is 6.47. The van der Waals surface area contributed by atoms with Crippen LogP contribution in [0.2, 0.25) is 0 Å². The van der Waals surface area contributed by atoms with Gasteiger partial charge in [-0.1, -0.05) is 26.8 Å². The van der Waals surface area contributed by atoms with E-state index in [9.17, 15) is 9.59 Å². The number of hydrogen-bond donors (Lipinski definition) is 3. The summed E-state index contributed by atoms with van der Waals surface area (Å²) in [4.78, 5) is 28.7. The zero-order chi connectivity index (χ0) is 22.0. The fourth-order valence-corrected chi connectivity index (χ4v) is 4.13. The summed E-state index contributed by atoms with van der Waals surface area (Å²) < 4.78 is 10.8. The Kier molecular flexibility index (Phi) is 4.09. The summed E-state index contributed by atoms with van der Waals surface area (Å²) in [6.07, 6.45) is 1.50. The second kappa shape index (κ2) is 6.51. The molecule has 31 heavy (non-hydrogen) atoms. The topological polar surface area (TPSA) is 106 Å². The van der Waals surface area contributed by atoms with E-state index in [1.807, 2.05) is 30.3 Å². The van der Waals surface area contributed by atoms with Crippen LogP contribution in [0.4, 0.5) is 5.69 Å². The molecular formula is C24H25N3O4. The smallest absolute Gasteiger partial charge is 0.250 e. The van der Waals surface area contributed by atoms with Crippen LogP contribution < -0.4 is 20.5 Å². The zero-order valence-corrected chi connectivity index (χ0v) is 17.8. The Bertz CT molecular complexity index is 1230. The largest absolute Gasteiger partial charge is 0.454 e. The van der Waals surface area contributed by atoms with Gasteiger partial charge in [0.25, 0.3) is 5.91 Å². The van der Waals surface area contributed by atoms with Crippen LogP contribution in [0.1, 0.15) is 55.2 Å². The maximum atomic E-state index is 13.3. The molecule has 0 atom stereocenters. The molecule has 1 saturated carbocycles. The number of anilines is 1. The molecule has 0 unspecified atom stereocenters. The molecule has 1 aliphatic heterocycles. The molecular weight excluding hydrogens is 394 g/mol. The van der Waals surface area contributed by atoms with Gasteiger partial charge in [-0.05, 0) is 48.7 Å². The first-order chi connectivity index (χ1) is 14.7. The van der Waals surface area contributed by atoms with Crippen molar-refractivity contribution in [1.82, 2.24) is 4.98 Å². The van der Waals surface area contributed by atoms with Gasteiger partial charge in [-0.25, -0.2) is 0 Å². The molecule has 2 heterocycles. The molecule has 5 rings (SSSR count). The number of nitrogens with one attached hydrogen (secondary N) is 2. The Hall–Kier alpha value is -3.48. The monoisotopic (exact) mass is 419 g/mol. The van der Waals surface area contributed by atoms with Crippen LogP contribution in [-0.2, 0) is 15.6 Å². The second-order valence-corrected chi connectivity index (χ2v) is 9.39. The first kappa shape index (κ1) is 19.5. The molecule has 0 radical (unpaired) electrons. The lowest BCUT2D eigenvalue weighted by Crippen LogP contribution is -2.28. The van der Waals surface area contributed by atoms with E-state index >= 15 is 0 Å². The number of rotatable bonds is 4. The Balaban J connectivity index is 1.48. The molecule has 0 bridgehead atoms. The van der Waals surface area contributed by atoms with E-state index in [2.05, 4.69) is 31.1 Å². The molecule has 7 nitrogen and oxygen atoms in total. The first-order valence-corrected chi connectivity index (χ1v) is 10.4. The number of nitrogens with two attached hydrogens (primary N) is 1. The number of H-pyrrole nitrogens is 1. The lowest BCUT2D eigenvalue weighted by atomic mass is 9.92. The van der Waals surface area contributed by atoms with Crippen LogP contribution in [-0.4, -0.2) is 23.6 Å². The SMILES string of the molecule is CC(C)(C)c1cc2cc(NC(=O)C3(c4ccc5c(c4)OCO5)CC3)cc(C(N)=O)c2[nH]1. The Morgan fingerprint density at radius 1 is 1.06 bits per heavy atom. The van der Waals surface area contributed by atoms with Crippen molar-refractivity contribution >= 4 is 28.4 Å². The third-order valence-electron chi connectivity index (χ3n) is 6.17. The Morgan fingerprint density at radius 2 is 1.81 bits per heavy atom. The average molecular weight is 419 g/mol. The normalized spacial score (nSPS) is 16.4. The maximum absolute atomic E-state index is 13.3. The summed E-state index contributed by atoms with van der Waals surface area (Å²) >= 11 is 0. The summed E-state index contributed by atoms with van der Waals surface area (Å²) in [7, 11) is 0. The van der Waals surface area contributed by atoms with E-state index in [-0.39, 0.29) is 18.1 Å². The van der Waals surface area contributed by atoms with Crippen molar-refractivity contribution in [3.05, 3.63) is 53.2 Å². The van der Waals surface area contributed by atoms with E-state index in [0.29, 0.717) is 28.3 Å². The van der Waals surface area contributed by atoms with Gasteiger partial charge in [0.15, 0.2) is 11.5 Å². The highest BCUT2D eigenvalue weighted by molar-refractivity contribution is 6.09. The van der Waals surface area contributed by atoms with E-state index in [1.54, 1.807) is 6.07 Å². The number of primary amides is 1. The molecule has 4 N–H and O–H groups in total. The molecule has 7 heteroatoms. The number of ether oxygens (including phenoxy) is 2. The van der Waals surface area contributed by atoms with Gasteiger partial charge in [-0.15, -0.1) is 0 Å². The van der Waals surface area contributed by atoms with Gasteiger partial charge in [0.2, 0.25) is 12.7 Å². The van der Waals surface area contributed by atoms with E-state index in [0.717, 1.165) is 29.5 Å². The minimum Gasteiger partial charge on any atom is -0.454 e. The van der Waals surface area contributed by atoms with Crippen LogP contribution in [0.3, 0.4) is 0 Å². The molecule has 2 aliphatic rings. The van der Waals surface area contributed by atoms with Gasteiger partial charge in [0.05, 0.1) is 16.5 Å². The van der Waals surface area contributed by atoms with Gasteiger partial charge in [-0.3, -0.25) is 9.59 Å². The van der Waals surface area contributed by atoms with E-state index < -0.39 is 11.3 Å². The van der Waals surface area contributed by atoms with Crippen LogP contribution in [0.5, 0.6) is 11.5 Å². The first-order valence-electron chi connectivity index (χ1n) is 10.4. The molecule has 1 aromatic heterocycles. The summed E-state index contributed by atoms with van der Waals surface area (Å²) in [6, 6.07) is 11.2. The third-order valence-corrected chi connectivity index (χ3v) is 6.17. The fourth-order valence-electron chi connectivity index (χ4n) is 4.13. The standard InChI is InChI=1S/C24H25N3O4/c1-23(2,3)19-9-13-8-15(11-16(21(25)28)20(13)27-19)26-22(29)24(6-7-24)14-4-5-17-18(10-14)31-12-30-17/h4-5,8-11,27H,6-7,12H2,1-3H3,(H2,25,28)(H,26,29). The van der Waals surface area contributed by atoms with Crippen molar-refractivity contribution in [2.45, 2.75) is 44.4 Å². The summed E-state index contributed by atoms with van der Waals surface area (Å²) in [5, 5.41) is 3.85. The lowest BCUT2D eigenvalue weighted by molar-refractivity contribution is -0.118. The Labute approximate surface area is 179 Å². The number of carbonyl (C=O) groups excluding carboxylic acids is 2. The molecule has 0 spiro atoms. The summed E-state index contributed by atoms with van der Waals surface area (Å²) in [5.41, 5.74) is 8.42. The van der Waals surface area contributed by atoms with Crippen LogP contribution in [0.25, 0.3) is 10.9 Å². The lowest BCUT2D eigenvalue weighted by Gasteiger charge is -2.17. The second-order valence-electron chi connectivity index (χ2n) is 9.39. The minimum absolute atomic E-state index is 0.104. The fraction of sp³-hybridized carbons (Fsp3) is 0.333. The van der Waals surface area contributed by atoms with E-state index in [4.69, 9.17) is 15.2 Å². The zero-order valence-electron chi connectivity index (χ0n) is 17.8. The van der Waals surface area contributed by atoms with Gasteiger partial charge in [0, 0.05) is 22.2 Å². The number of amides is 2. The highest BCUT2D eigenvalue weighted by atomic mass is 16.7. The van der Waals surface area contributed by atoms with Gasteiger partial charge in [0.1, 0.15) is 0 Å². The summed E-state index contributed by atoms with van der Waals surface area (Å²) in [5.74, 6) is 0.711. The molecule has 1 fully saturated rings. The highest BCUT2D eigenvalue weighted by Crippen LogP contribution is 2.51. The quantitative estimate of drug-likeness (QED) is 0.595. The van der Waals surface area contributed by atoms with Gasteiger partial charge < -0.3 is 25.5 Å². The average Bonchev–Trinajstić information content (AvgIpc) is 3.17. The maximum Gasteiger partial charge on any atom is 0.250 e. The number of aromatic nitrogens is 1. The molecule has 3 aromatic rings. The molecule has 160 valence electrons. The van der Waals surface area contributed by atoms with Crippen molar-refractivity contribution in [3.63, 3.8) is 0 Å². The molecule has 2 aromatic carbocycles.